The van der Waals surface area contributed by atoms with Crippen molar-refractivity contribution in [3.05, 3.63) is 80.9 Å². The Hall–Kier alpha value is -3.78. The van der Waals surface area contributed by atoms with Crippen molar-refractivity contribution in [1.29, 1.82) is 0 Å². The third kappa shape index (κ3) is 4.65. The number of amides is 2. The van der Waals surface area contributed by atoms with E-state index < -0.39 is 16.8 Å². The zero-order valence-electron chi connectivity index (χ0n) is 21.6. The van der Waals surface area contributed by atoms with Crippen molar-refractivity contribution >= 4 is 29.3 Å². The van der Waals surface area contributed by atoms with Gasteiger partial charge in [0.15, 0.2) is 0 Å². The monoisotopic (exact) mass is 516 g/mol. The molecule has 2 aromatic carbocycles. The lowest BCUT2D eigenvalue weighted by molar-refractivity contribution is -0.384. The minimum atomic E-state index is -0.522. The molecule has 0 bridgehead atoms. The zero-order valence-corrected chi connectivity index (χ0v) is 21.6. The summed E-state index contributed by atoms with van der Waals surface area (Å²) < 4.78 is 6.28. The molecule has 38 heavy (non-hydrogen) atoms. The highest BCUT2D eigenvalue weighted by Crippen LogP contribution is 2.51. The molecule has 2 aromatic rings. The summed E-state index contributed by atoms with van der Waals surface area (Å²) in [6.07, 6.45) is 5.69. The number of nitro groups is 1. The smallest absolute Gasteiger partial charge is 0.271 e. The number of phenols is 1. The minimum Gasteiger partial charge on any atom is -0.507 e. The van der Waals surface area contributed by atoms with Gasteiger partial charge in [0.2, 0.25) is 11.8 Å². The molecule has 198 valence electrons. The van der Waals surface area contributed by atoms with E-state index in [0.29, 0.717) is 13.0 Å². The number of nitrogens with zero attached hydrogens (tertiary/aromatic N) is 2. The first-order valence-corrected chi connectivity index (χ1v) is 13.2. The van der Waals surface area contributed by atoms with Gasteiger partial charge in [-0.2, -0.15) is 0 Å². The second kappa shape index (κ2) is 10.5. The summed E-state index contributed by atoms with van der Waals surface area (Å²) in [7, 11) is 0. The van der Waals surface area contributed by atoms with Gasteiger partial charge in [0, 0.05) is 23.6 Å². The molecule has 0 unspecified atom stereocenters. The standard InChI is InChI=1S/C30H32N2O6/c1-3-7-20-15-23-28(30(35)31(29(23)34)21-9-6-10-22(16-21)32(36)37)24-17-38-26(27(20)24)13-12-18(2)14-19-8-4-5-11-25(19)33/h4-6,8-11,14,16,23-24,26,28,33H,3,7,12-13,15,17H2,1-2H3/b18-14+/t23-,24+,26-,28-/m1/s1. The first-order valence-electron chi connectivity index (χ1n) is 13.2. The number of non-ortho nitro benzene ring substituents is 1. The van der Waals surface area contributed by atoms with Gasteiger partial charge in [0.25, 0.3) is 5.69 Å². The number of allylic oxidation sites excluding steroid dienone is 2. The van der Waals surface area contributed by atoms with Crippen LogP contribution in [0, 0.1) is 27.9 Å². The van der Waals surface area contributed by atoms with Crippen LogP contribution in [0.3, 0.4) is 0 Å². The quantitative estimate of drug-likeness (QED) is 0.205. The summed E-state index contributed by atoms with van der Waals surface area (Å²) in [5.41, 5.74) is 4.38. The molecule has 8 nitrogen and oxygen atoms in total. The minimum absolute atomic E-state index is 0.120. The SMILES string of the molecule is CCCC1=C2[C@@H](CC/C(C)=C/c3ccccc3O)OC[C@@H]2[C@@H]2C(=O)N(c3cccc([N+](=O)[O-])c3)C(=O)[C@@H]2C1. The molecule has 0 radical (unpaired) electrons. The van der Waals surface area contributed by atoms with E-state index in [1.165, 1.54) is 29.3 Å². The number of aromatic hydroxyl groups is 1. The van der Waals surface area contributed by atoms with E-state index in [2.05, 4.69) is 6.92 Å². The maximum Gasteiger partial charge on any atom is 0.271 e. The fourth-order valence-electron chi connectivity index (χ4n) is 6.32. The van der Waals surface area contributed by atoms with Gasteiger partial charge >= 0.3 is 0 Å². The Kier molecular flexibility index (Phi) is 7.17. The first-order chi connectivity index (χ1) is 18.3. The highest BCUT2D eigenvalue weighted by Gasteiger charge is 2.57. The number of benzene rings is 2. The van der Waals surface area contributed by atoms with Gasteiger partial charge in [-0.15, -0.1) is 0 Å². The predicted octanol–water partition coefficient (Wildman–Crippen LogP) is 5.81. The number of rotatable bonds is 8. The van der Waals surface area contributed by atoms with Crippen molar-refractivity contribution < 1.29 is 24.4 Å². The second-order valence-corrected chi connectivity index (χ2v) is 10.5. The van der Waals surface area contributed by atoms with Gasteiger partial charge in [-0.3, -0.25) is 19.7 Å². The van der Waals surface area contributed by atoms with Crippen LogP contribution in [0.2, 0.25) is 0 Å². The topological polar surface area (TPSA) is 110 Å². The average Bonchev–Trinajstić information content (AvgIpc) is 3.43. The van der Waals surface area contributed by atoms with Crippen molar-refractivity contribution in [3.8, 4) is 5.75 Å². The highest BCUT2D eigenvalue weighted by atomic mass is 16.6. The second-order valence-electron chi connectivity index (χ2n) is 10.5. The van der Waals surface area contributed by atoms with E-state index in [9.17, 15) is 24.8 Å². The number of imide groups is 1. The van der Waals surface area contributed by atoms with E-state index in [1.54, 1.807) is 18.2 Å². The molecular formula is C30H32N2O6. The summed E-state index contributed by atoms with van der Waals surface area (Å²) in [5, 5.41) is 21.4. The van der Waals surface area contributed by atoms with Crippen LogP contribution in [-0.2, 0) is 14.3 Å². The molecule has 2 heterocycles. The van der Waals surface area contributed by atoms with Crippen LogP contribution < -0.4 is 4.90 Å². The Bertz CT molecular complexity index is 1350. The fraction of sp³-hybridized carbons (Fsp3) is 0.400. The Balaban J connectivity index is 1.39. The van der Waals surface area contributed by atoms with Crippen LogP contribution in [0.1, 0.15) is 51.5 Å². The van der Waals surface area contributed by atoms with Crippen LogP contribution in [-0.4, -0.2) is 34.6 Å². The molecule has 0 aromatic heterocycles. The van der Waals surface area contributed by atoms with Crippen molar-refractivity contribution in [3.63, 3.8) is 0 Å². The number of hydrogen-bond acceptors (Lipinski definition) is 6. The Labute approximate surface area is 221 Å². The summed E-state index contributed by atoms with van der Waals surface area (Å²) >= 11 is 0. The number of fused-ring (bicyclic) bond motifs is 3. The van der Waals surface area contributed by atoms with Gasteiger partial charge in [0.05, 0.1) is 35.2 Å². The van der Waals surface area contributed by atoms with E-state index in [0.717, 1.165) is 41.7 Å². The van der Waals surface area contributed by atoms with Gasteiger partial charge < -0.3 is 9.84 Å². The van der Waals surface area contributed by atoms with Crippen molar-refractivity contribution in [2.24, 2.45) is 17.8 Å². The van der Waals surface area contributed by atoms with Crippen molar-refractivity contribution in [2.45, 2.75) is 52.1 Å². The van der Waals surface area contributed by atoms with Crippen LogP contribution in [0.15, 0.2) is 65.3 Å². The lowest BCUT2D eigenvalue weighted by Crippen LogP contribution is -2.34. The van der Waals surface area contributed by atoms with Gasteiger partial charge in [0.1, 0.15) is 5.75 Å². The number of anilines is 1. The summed E-state index contributed by atoms with van der Waals surface area (Å²) in [6.45, 7) is 4.53. The number of para-hydroxylation sites is 1. The Morgan fingerprint density at radius 2 is 1.95 bits per heavy atom. The van der Waals surface area contributed by atoms with E-state index in [4.69, 9.17) is 4.74 Å². The number of ether oxygens (including phenoxy) is 1. The first kappa shape index (κ1) is 25.9. The van der Waals surface area contributed by atoms with Crippen LogP contribution in [0.25, 0.3) is 6.08 Å². The number of phenolic OH excluding ortho intramolecular Hbond substituents is 1. The lowest BCUT2D eigenvalue weighted by Gasteiger charge is -2.31. The van der Waals surface area contributed by atoms with Crippen LogP contribution in [0.5, 0.6) is 5.75 Å². The molecule has 0 saturated carbocycles. The molecule has 1 aliphatic carbocycles. The molecular weight excluding hydrogens is 484 g/mol. The molecule has 8 heteroatoms. The van der Waals surface area contributed by atoms with Gasteiger partial charge in [-0.1, -0.05) is 54.8 Å². The number of hydrogen-bond donors (Lipinski definition) is 1. The molecule has 1 N–H and O–H groups in total. The molecule has 2 aliphatic heterocycles. The summed E-state index contributed by atoms with van der Waals surface area (Å²) in [6, 6.07) is 13.0. The number of carbonyl (C=O) groups is 2. The zero-order chi connectivity index (χ0) is 27.0. The predicted molar refractivity (Wildman–Crippen MR) is 143 cm³/mol. The molecule has 2 amide bonds. The summed E-state index contributed by atoms with van der Waals surface area (Å²) in [5.74, 6) is -1.48. The molecule has 4 atom stereocenters. The van der Waals surface area contributed by atoms with Crippen molar-refractivity contribution in [1.82, 2.24) is 0 Å². The Morgan fingerprint density at radius 1 is 1.16 bits per heavy atom. The largest absolute Gasteiger partial charge is 0.507 e. The maximum absolute atomic E-state index is 13.7. The Morgan fingerprint density at radius 3 is 2.68 bits per heavy atom. The average molecular weight is 517 g/mol. The van der Waals surface area contributed by atoms with E-state index in [1.807, 2.05) is 25.1 Å². The normalized spacial score (nSPS) is 25.1. The van der Waals surface area contributed by atoms with Crippen molar-refractivity contribution in [2.75, 3.05) is 11.5 Å². The lowest BCUT2D eigenvalue weighted by atomic mass is 9.68. The van der Waals surface area contributed by atoms with Gasteiger partial charge in [-0.25, -0.2) is 4.90 Å². The molecule has 3 aliphatic rings. The molecule has 2 saturated heterocycles. The third-order valence-electron chi connectivity index (χ3n) is 8.00. The fourth-order valence-corrected chi connectivity index (χ4v) is 6.32. The molecule has 5 rings (SSSR count). The van der Waals surface area contributed by atoms with Crippen LogP contribution in [0.4, 0.5) is 11.4 Å². The molecule has 0 spiro atoms. The highest BCUT2D eigenvalue weighted by molar-refractivity contribution is 6.22. The van der Waals surface area contributed by atoms with Crippen LogP contribution >= 0.6 is 0 Å². The van der Waals surface area contributed by atoms with E-state index in [-0.39, 0.29) is 41.0 Å². The van der Waals surface area contributed by atoms with Gasteiger partial charge in [-0.05, 0) is 50.3 Å². The number of nitro benzene ring substituents is 1. The number of carbonyl (C=O) groups excluding carboxylic acids is 2. The van der Waals surface area contributed by atoms with E-state index >= 15 is 0 Å². The third-order valence-corrected chi connectivity index (χ3v) is 8.00. The summed E-state index contributed by atoms with van der Waals surface area (Å²) in [4.78, 5) is 39.1. The molecule has 2 fully saturated rings. The maximum atomic E-state index is 13.7.